The van der Waals surface area contributed by atoms with E-state index in [4.69, 9.17) is 9.47 Å². The third kappa shape index (κ3) is 6.32. The van der Waals surface area contributed by atoms with Crippen LogP contribution in [0.25, 0.3) is 0 Å². The van der Waals surface area contributed by atoms with Crippen molar-refractivity contribution >= 4 is 11.9 Å². The summed E-state index contributed by atoms with van der Waals surface area (Å²) in [6.07, 6.45) is 5.65. The highest BCUT2D eigenvalue weighted by molar-refractivity contribution is 5.89. The van der Waals surface area contributed by atoms with Gasteiger partial charge in [-0.25, -0.2) is 9.59 Å². The highest BCUT2D eigenvalue weighted by Gasteiger charge is 2.27. The molecule has 2 heterocycles. The van der Waals surface area contributed by atoms with Gasteiger partial charge in [-0.15, -0.1) is 0 Å². The molecule has 0 fully saturated rings. The molecule has 0 spiro atoms. The van der Waals surface area contributed by atoms with Crippen molar-refractivity contribution in [3.8, 4) is 11.8 Å². The van der Waals surface area contributed by atoms with Crippen molar-refractivity contribution in [2.45, 2.75) is 12.8 Å². The maximum absolute atomic E-state index is 12.0. The van der Waals surface area contributed by atoms with Crippen LogP contribution >= 0.6 is 0 Å². The predicted molar refractivity (Wildman–Crippen MR) is 98.8 cm³/mol. The molecule has 2 rings (SSSR count). The second-order valence-electron chi connectivity index (χ2n) is 8.18. The molecule has 0 saturated carbocycles. The number of likely N-dealkylation sites (N-methyl/N-ethyl adjacent to an activating group) is 2. The van der Waals surface area contributed by atoms with Gasteiger partial charge >= 0.3 is 11.9 Å². The first-order valence-electron chi connectivity index (χ1n) is 9.01. The Kier molecular flexibility index (Phi) is 6.63. The van der Waals surface area contributed by atoms with E-state index in [1.165, 1.54) is 0 Å². The van der Waals surface area contributed by atoms with Crippen LogP contribution in [0.2, 0.25) is 0 Å². The van der Waals surface area contributed by atoms with E-state index in [2.05, 4.69) is 40.0 Å². The molecule has 0 unspecified atom stereocenters. The van der Waals surface area contributed by atoms with Crippen LogP contribution in [0.5, 0.6) is 0 Å². The van der Waals surface area contributed by atoms with Crippen molar-refractivity contribution in [3.05, 3.63) is 23.3 Å². The largest absolute Gasteiger partial charge is 0.449 e. The van der Waals surface area contributed by atoms with E-state index in [1.54, 1.807) is 0 Å². The fourth-order valence-corrected chi connectivity index (χ4v) is 3.17. The average molecular weight is 362 g/mol. The summed E-state index contributed by atoms with van der Waals surface area (Å²) in [4.78, 5) is 24.1. The van der Waals surface area contributed by atoms with E-state index < -0.39 is 0 Å². The number of quaternary nitrogens is 2. The number of carbonyl (C=O) groups is 2. The van der Waals surface area contributed by atoms with Gasteiger partial charge < -0.3 is 18.4 Å². The lowest BCUT2D eigenvalue weighted by Gasteiger charge is -2.32. The number of hydrogen-bond acceptors (Lipinski definition) is 4. The molecule has 0 saturated heterocycles. The number of esters is 2. The summed E-state index contributed by atoms with van der Waals surface area (Å²) in [5.74, 6) is 4.83. The van der Waals surface area contributed by atoms with Crippen molar-refractivity contribution < 1.29 is 28.0 Å². The molecule has 0 aromatic carbocycles. The van der Waals surface area contributed by atoms with E-state index in [0.29, 0.717) is 24.2 Å². The van der Waals surface area contributed by atoms with E-state index in [9.17, 15) is 9.59 Å². The van der Waals surface area contributed by atoms with Crippen LogP contribution in [0.4, 0.5) is 0 Å². The molecule has 26 heavy (non-hydrogen) atoms. The monoisotopic (exact) mass is 362 g/mol. The predicted octanol–water partition coefficient (Wildman–Crippen LogP) is 0.889. The first-order valence-corrected chi connectivity index (χ1v) is 9.01. The van der Waals surface area contributed by atoms with Gasteiger partial charge in [0.05, 0.1) is 52.4 Å². The van der Waals surface area contributed by atoms with Gasteiger partial charge in [0.1, 0.15) is 13.1 Å². The lowest BCUT2D eigenvalue weighted by molar-refractivity contribution is -0.886. The zero-order chi connectivity index (χ0) is 19.2. The Balaban J connectivity index is 1.69. The molecule has 0 amide bonds. The Morgan fingerprint density at radius 3 is 1.58 bits per heavy atom. The Morgan fingerprint density at radius 1 is 0.846 bits per heavy atom. The second-order valence-corrected chi connectivity index (χ2v) is 8.18. The zero-order valence-corrected chi connectivity index (χ0v) is 16.3. The van der Waals surface area contributed by atoms with Crippen molar-refractivity contribution in [1.82, 2.24) is 0 Å². The van der Waals surface area contributed by atoms with E-state index >= 15 is 0 Å². The number of rotatable bonds is 4. The van der Waals surface area contributed by atoms with Crippen LogP contribution in [-0.2, 0) is 19.1 Å². The number of nitrogens with zero attached hydrogens (tertiary/aromatic N) is 2. The maximum Gasteiger partial charge on any atom is 0.340 e. The Bertz CT molecular complexity index is 622. The standard InChI is InChI=1S/C20H30N2O4/c1-21(2)11-7-9-17(15-21)19(23)25-13-5-6-14-26-20(24)18-10-8-12-22(3,4)16-18/h9-10H,7-8,11-16H2,1-4H3/q+2. The maximum atomic E-state index is 12.0. The van der Waals surface area contributed by atoms with Gasteiger partial charge in [-0.2, -0.15) is 0 Å². The molecular weight excluding hydrogens is 332 g/mol. The number of ether oxygens (including phenoxy) is 2. The fraction of sp³-hybridized carbons (Fsp3) is 0.600. The molecule has 0 radical (unpaired) electrons. The molecule has 2 aliphatic rings. The fourth-order valence-electron chi connectivity index (χ4n) is 3.17. The Hall–Kier alpha value is -2.10. The van der Waals surface area contributed by atoms with Gasteiger partial charge in [0.2, 0.25) is 0 Å². The lowest BCUT2D eigenvalue weighted by Crippen LogP contribution is -2.45. The lowest BCUT2D eigenvalue weighted by atomic mass is 10.1. The van der Waals surface area contributed by atoms with Gasteiger partial charge in [0.25, 0.3) is 0 Å². The van der Waals surface area contributed by atoms with Gasteiger partial charge in [0.15, 0.2) is 13.2 Å². The minimum absolute atomic E-state index is 0.00771. The van der Waals surface area contributed by atoms with Crippen molar-refractivity contribution in [1.29, 1.82) is 0 Å². The van der Waals surface area contributed by atoms with Crippen LogP contribution in [-0.4, -0.2) is 88.5 Å². The third-order valence-corrected chi connectivity index (χ3v) is 4.65. The van der Waals surface area contributed by atoms with Crippen molar-refractivity contribution in [2.75, 3.05) is 67.6 Å². The minimum Gasteiger partial charge on any atom is -0.449 e. The van der Waals surface area contributed by atoms with E-state index in [0.717, 1.165) is 34.9 Å². The SMILES string of the molecule is C[N+]1(C)CCC=C(C(=O)OCC#CCOC(=O)C2=CCC[N+](C)(C)C2)C1. The van der Waals surface area contributed by atoms with Crippen molar-refractivity contribution in [3.63, 3.8) is 0 Å². The summed E-state index contributed by atoms with van der Waals surface area (Å²) in [6.45, 7) is 3.41. The van der Waals surface area contributed by atoms with Crippen LogP contribution in [0.15, 0.2) is 23.3 Å². The first kappa shape index (κ1) is 20.2. The summed E-state index contributed by atoms with van der Waals surface area (Å²) < 4.78 is 11.9. The number of hydrogen-bond donors (Lipinski definition) is 0. The molecule has 0 N–H and O–H groups in total. The topological polar surface area (TPSA) is 52.6 Å². The highest BCUT2D eigenvalue weighted by Crippen LogP contribution is 2.15. The van der Waals surface area contributed by atoms with Gasteiger partial charge in [0, 0.05) is 12.8 Å². The molecule has 142 valence electrons. The van der Waals surface area contributed by atoms with Crippen molar-refractivity contribution in [2.24, 2.45) is 0 Å². The Morgan fingerprint density at radius 2 is 1.23 bits per heavy atom. The number of carbonyl (C=O) groups excluding carboxylic acids is 2. The van der Waals surface area contributed by atoms with Crippen LogP contribution in [0.3, 0.4) is 0 Å². The molecule has 6 heteroatoms. The van der Waals surface area contributed by atoms with Gasteiger partial charge in [-0.05, 0) is 0 Å². The van der Waals surface area contributed by atoms with Crippen LogP contribution < -0.4 is 0 Å². The zero-order valence-electron chi connectivity index (χ0n) is 16.3. The highest BCUT2D eigenvalue weighted by atomic mass is 16.5. The summed E-state index contributed by atoms with van der Waals surface area (Å²) in [7, 11) is 8.37. The van der Waals surface area contributed by atoms with E-state index in [-0.39, 0.29) is 25.2 Å². The summed E-state index contributed by atoms with van der Waals surface area (Å²) in [5.41, 5.74) is 1.42. The molecule has 0 aliphatic carbocycles. The molecule has 0 bridgehead atoms. The molecule has 0 aromatic rings. The molecule has 0 atom stereocenters. The average Bonchev–Trinajstić information content (AvgIpc) is 2.55. The van der Waals surface area contributed by atoms with Gasteiger partial charge in [-0.1, -0.05) is 24.0 Å². The normalized spacial score (nSPS) is 20.8. The van der Waals surface area contributed by atoms with Gasteiger partial charge in [-0.3, -0.25) is 0 Å². The molecule has 2 aliphatic heterocycles. The minimum atomic E-state index is -0.311. The Labute approximate surface area is 156 Å². The quantitative estimate of drug-likeness (QED) is 0.423. The van der Waals surface area contributed by atoms with E-state index in [1.807, 2.05) is 12.2 Å². The summed E-state index contributed by atoms with van der Waals surface area (Å²) in [5, 5.41) is 0. The molecule has 6 nitrogen and oxygen atoms in total. The first-order chi connectivity index (χ1) is 12.2. The summed E-state index contributed by atoms with van der Waals surface area (Å²) in [6, 6.07) is 0. The summed E-state index contributed by atoms with van der Waals surface area (Å²) >= 11 is 0. The second kappa shape index (κ2) is 8.52. The van der Waals surface area contributed by atoms with Crippen LogP contribution in [0, 0.1) is 11.8 Å². The molecular formula is C20H30N2O4+2. The van der Waals surface area contributed by atoms with Crippen LogP contribution in [0.1, 0.15) is 12.8 Å². The smallest absolute Gasteiger partial charge is 0.340 e. The molecule has 0 aromatic heterocycles. The third-order valence-electron chi connectivity index (χ3n) is 4.65.